The second-order valence-corrected chi connectivity index (χ2v) is 6.83. The molecular weight excluding hydrogens is 348 g/mol. The molecule has 0 saturated heterocycles. The molecule has 0 aliphatic heterocycles. The van der Waals surface area contributed by atoms with Crippen molar-refractivity contribution in [1.29, 1.82) is 0 Å². The van der Waals surface area contributed by atoms with Crippen molar-refractivity contribution in [2.75, 3.05) is 12.4 Å². The fourth-order valence-corrected chi connectivity index (χ4v) is 3.36. The minimum atomic E-state index is -0.478. The molecule has 1 N–H and O–H groups in total. The number of nitrogens with one attached hydrogen (secondary N) is 1. The average molecular weight is 368 g/mol. The molecule has 1 aromatic heterocycles. The number of hydrogen-bond acceptors (Lipinski definition) is 5. The lowest BCUT2D eigenvalue weighted by molar-refractivity contribution is -0.145. The van der Waals surface area contributed by atoms with Gasteiger partial charge in [-0.15, -0.1) is 0 Å². The zero-order valence-corrected chi connectivity index (χ0v) is 15.3. The van der Waals surface area contributed by atoms with Crippen LogP contribution in [0.15, 0.2) is 53.7 Å². The first-order valence-electron chi connectivity index (χ1n) is 8.46. The van der Waals surface area contributed by atoms with Crippen molar-refractivity contribution in [2.24, 2.45) is 0 Å². The van der Waals surface area contributed by atoms with Gasteiger partial charge in [-0.1, -0.05) is 48.2 Å². The molecule has 134 valence electrons. The number of hydrogen-bond donors (Lipinski definition) is 1. The van der Waals surface area contributed by atoms with E-state index in [4.69, 9.17) is 4.74 Å². The Morgan fingerprint density at radius 3 is 2.69 bits per heavy atom. The van der Waals surface area contributed by atoms with Gasteiger partial charge >= 0.3 is 5.97 Å². The van der Waals surface area contributed by atoms with Gasteiger partial charge in [0.1, 0.15) is 6.42 Å². The highest BCUT2D eigenvalue weighted by atomic mass is 32.2. The Bertz CT molecular complexity index is 906. The van der Waals surface area contributed by atoms with Gasteiger partial charge in [0.05, 0.1) is 23.4 Å². The standard InChI is InChI=1S/C20H20N2O3S/c1-2-25-19(24)12-16(23)13-26-20-21-17-9-8-15(11-18(17)22-20)10-14-6-4-3-5-7-14/h3-9,11H,2,10,12-13H2,1H3,(H,21,22). The largest absolute Gasteiger partial charge is 0.466 e. The number of carbonyl (C=O) groups excluding carboxylic acids is 2. The number of aromatic nitrogens is 2. The number of rotatable bonds is 8. The van der Waals surface area contributed by atoms with Crippen molar-refractivity contribution >= 4 is 34.5 Å². The normalized spacial score (nSPS) is 10.8. The predicted octanol–water partition coefficient (Wildman–Crippen LogP) is 3.77. The molecule has 3 rings (SSSR count). The lowest BCUT2D eigenvalue weighted by atomic mass is 10.0. The van der Waals surface area contributed by atoms with Crippen LogP contribution >= 0.6 is 11.8 Å². The molecule has 0 aliphatic rings. The third-order valence-electron chi connectivity index (χ3n) is 3.79. The van der Waals surface area contributed by atoms with Crippen molar-refractivity contribution in [3.63, 3.8) is 0 Å². The van der Waals surface area contributed by atoms with Gasteiger partial charge in [-0.2, -0.15) is 0 Å². The number of benzene rings is 2. The summed E-state index contributed by atoms with van der Waals surface area (Å²) in [5, 5.41) is 0.675. The molecule has 0 saturated carbocycles. The van der Waals surface area contributed by atoms with Crippen LogP contribution in [0.2, 0.25) is 0 Å². The summed E-state index contributed by atoms with van der Waals surface area (Å²) >= 11 is 1.30. The van der Waals surface area contributed by atoms with Crippen molar-refractivity contribution in [3.8, 4) is 0 Å². The second-order valence-electron chi connectivity index (χ2n) is 5.86. The SMILES string of the molecule is CCOC(=O)CC(=O)CSc1nc2ccc(Cc3ccccc3)cc2[nH]1. The zero-order valence-electron chi connectivity index (χ0n) is 14.5. The summed E-state index contributed by atoms with van der Waals surface area (Å²) in [6.07, 6.45) is 0.665. The van der Waals surface area contributed by atoms with E-state index in [-0.39, 0.29) is 24.6 Å². The molecule has 2 aromatic carbocycles. The molecule has 0 radical (unpaired) electrons. The monoisotopic (exact) mass is 368 g/mol. The minimum absolute atomic E-state index is 0.168. The summed E-state index contributed by atoms with van der Waals surface area (Å²) in [7, 11) is 0. The third kappa shape index (κ3) is 4.95. The number of Topliss-reactive ketones (excluding diaryl/α,β-unsaturated/α-hetero) is 1. The van der Waals surface area contributed by atoms with Gasteiger partial charge in [-0.25, -0.2) is 4.98 Å². The van der Waals surface area contributed by atoms with E-state index < -0.39 is 5.97 Å². The van der Waals surface area contributed by atoms with Gasteiger partial charge in [-0.05, 0) is 36.6 Å². The fourth-order valence-electron chi connectivity index (χ4n) is 2.62. The molecule has 1 heterocycles. The number of H-pyrrole nitrogens is 1. The van der Waals surface area contributed by atoms with E-state index in [0.717, 1.165) is 17.5 Å². The number of thioether (sulfide) groups is 1. The summed E-state index contributed by atoms with van der Waals surface area (Å²) < 4.78 is 4.78. The predicted molar refractivity (Wildman–Crippen MR) is 102 cm³/mol. The van der Waals surface area contributed by atoms with Crippen LogP contribution in [0.25, 0.3) is 11.0 Å². The molecule has 0 amide bonds. The second kappa shape index (κ2) is 8.67. The molecule has 26 heavy (non-hydrogen) atoms. The first kappa shape index (κ1) is 18.2. The van der Waals surface area contributed by atoms with Crippen LogP contribution in [0.1, 0.15) is 24.5 Å². The topological polar surface area (TPSA) is 72.1 Å². The van der Waals surface area contributed by atoms with Gasteiger partial charge in [0.15, 0.2) is 10.9 Å². The zero-order chi connectivity index (χ0) is 18.4. The molecule has 0 aliphatic carbocycles. The summed E-state index contributed by atoms with van der Waals surface area (Å²) in [6, 6.07) is 16.4. The Hall–Kier alpha value is -2.60. The van der Waals surface area contributed by atoms with Crippen LogP contribution in [0.4, 0.5) is 0 Å². The van der Waals surface area contributed by atoms with E-state index in [1.54, 1.807) is 6.92 Å². The lowest BCUT2D eigenvalue weighted by Gasteiger charge is -2.01. The summed E-state index contributed by atoms with van der Waals surface area (Å²) in [4.78, 5) is 30.9. The Morgan fingerprint density at radius 2 is 1.92 bits per heavy atom. The number of aromatic amines is 1. The quantitative estimate of drug-likeness (QED) is 0.372. The van der Waals surface area contributed by atoms with Gasteiger partial charge in [0.25, 0.3) is 0 Å². The van der Waals surface area contributed by atoms with Crippen molar-refractivity contribution in [1.82, 2.24) is 9.97 Å². The maximum absolute atomic E-state index is 11.8. The van der Waals surface area contributed by atoms with Crippen LogP contribution in [0.5, 0.6) is 0 Å². The van der Waals surface area contributed by atoms with E-state index in [0.29, 0.717) is 5.16 Å². The average Bonchev–Trinajstić information content (AvgIpc) is 3.03. The van der Waals surface area contributed by atoms with Gasteiger partial charge in [0, 0.05) is 0 Å². The van der Waals surface area contributed by atoms with Gasteiger partial charge in [-0.3, -0.25) is 9.59 Å². The molecule has 0 unspecified atom stereocenters. The first-order valence-corrected chi connectivity index (χ1v) is 9.45. The number of carbonyl (C=O) groups is 2. The maximum Gasteiger partial charge on any atom is 0.313 e. The Balaban J connectivity index is 1.62. The minimum Gasteiger partial charge on any atom is -0.466 e. The number of ether oxygens (including phenoxy) is 1. The molecule has 5 nitrogen and oxygen atoms in total. The molecule has 0 fully saturated rings. The summed E-state index contributed by atoms with van der Waals surface area (Å²) in [5.41, 5.74) is 4.26. The fraction of sp³-hybridized carbons (Fsp3) is 0.250. The number of imidazole rings is 1. The third-order valence-corrected chi connectivity index (χ3v) is 4.73. The van der Waals surface area contributed by atoms with Crippen LogP contribution in [-0.4, -0.2) is 34.1 Å². The maximum atomic E-state index is 11.8. The van der Waals surface area contributed by atoms with E-state index in [1.807, 2.05) is 24.3 Å². The molecule has 0 bridgehead atoms. The van der Waals surface area contributed by atoms with E-state index >= 15 is 0 Å². The van der Waals surface area contributed by atoms with E-state index in [9.17, 15) is 9.59 Å². The smallest absolute Gasteiger partial charge is 0.313 e. The first-order chi connectivity index (χ1) is 12.6. The van der Waals surface area contributed by atoms with Crippen molar-refractivity contribution in [2.45, 2.75) is 24.9 Å². The highest BCUT2D eigenvalue weighted by Gasteiger charge is 2.12. The molecule has 0 spiro atoms. The van der Waals surface area contributed by atoms with Crippen LogP contribution < -0.4 is 0 Å². The van der Waals surface area contributed by atoms with Gasteiger partial charge in [0.2, 0.25) is 0 Å². The summed E-state index contributed by atoms with van der Waals surface area (Å²) in [6.45, 7) is 2.01. The van der Waals surface area contributed by atoms with Crippen molar-refractivity contribution in [3.05, 3.63) is 59.7 Å². The molecule has 6 heteroatoms. The Kier molecular flexibility index (Phi) is 6.07. The highest BCUT2D eigenvalue weighted by molar-refractivity contribution is 7.99. The molecular formula is C20H20N2O3S. The van der Waals surface area contributed by atoms with E-state index in [1.165, 1.54) is 22.9 Å². The highest BCUT2D eigenvalue weighted by Crippen LogP contribution is 2.22. The number of esters is 1. The van der Waals surface area contributed by atoms with Crippen LogP contribution in [0.3, 0.4) is 0 Å². The molecule has 3 aromatic rings. The van der Waals surface area contributed by atoms with Crippen molar-refractivity contribution < 1.29 is 14.3 Å². The number of nitrogens with zero attached hydrogens (tertiary/aromatic N) is 1. The van der Waals surface area contributed by atoms with Gasteiger partial charge < -0.3 is 9.72 Å². The Labute approximate surface area is 156 Å². The number of ketones is 1. The lowest BCUT2D eigenvalue weighted by Crippen LogP contribution is -2.12. The van der Waals surface area contributed by atoms with Crippen LogP contribution in [0, 0.1) is 0 Å². The van der Waals surface area contributed by atoms with Crippen LogP contribution in [-0.2, 0) is 20.7 Å². The molecule has 0 atom stereocenters. The Morgan fingerprint density at radius 1 is 1.12 bits per heavy atom. The number of fused-ring (bicyclic) bond motifs is 1. The summed E-state index contributed by atoms with van der Waals surface area (Å²) in [5.74, 6) is -0.456. The van der Waals surface area contributed by atoms with E-state index in [2.05, 4.69) is 34.2 Å².